The Morgan fingerprint density at radius 2 is 1.89 bits per heavy atom. The van der Waals surface area contributed by atoms with Crippen LogP contribution >= 0.6 is 11.3 Å². The first kappa shape index (κ1) is 20.4. The zero-order valence-electron chi connectivity index (χ0n) is 17.1. The van der Waals surface area contributed by atoms with Crippen molar-refractivity contribution >= 4 is 33.8 Å². The fourth-order valence-corrected chi connectivity index (χ4v) is 5.12. The molecule has 1 aliphatic rings. The Hall–Kier alpha value is -2.34. The molecular weight excluding hydrogens is 372 g/mol. The Morgan fingerprint density at radius 3 is 2.54 bits per heavy atom. The summed E-state index contributed by atoms with van der Waals surface area (Å²) >= 11 is 1.53. The zero-order chi connectivity index (χ0) is 20.5. The molecule has 0 spiro atoms. The summed E-state index contributed by atoms with van der Waals surface area (Å²) in [5, 5.41) is 6.47. The number of rotatable bonds is 4. The highest BCUT2D eigenvalue weighted by Gasteiger charge is 2.34. The van der Waals surface area contributed by atoms with Crippen LogP contribution in [0.25, 0.3) is 0 Å². The molecule has 1 unspecified atom stereocenters. The topological polar surface area (TPSA) is 67.4 Å². The third kappa shape index (κ3) is 4.22. The smallest absolute Gasteiger partial charge is 0.259 e. The molecule has 0 saturated carbocycles. The minimum atomic E-state index is -0.208. The summed E-state index contributed by atoms with van der Waals surface area (Å²) in [6.45, 7) is 8.26. The van der Waals surface area contributed by atoms with E-state index in [-0.39, 0.29) is 17.2 Å². The molecular formula is C22H28N2O3S. The summed E-state index contributed by atoms with van der Waals surface area (Å²) in [6.07, 6.45) is 2.84. The van der Waals surface area contributed by atoms with Gasteiger partial charge in [0, 0.05) is 11.8 Å². The van der Waals surface area contributed by atoms with Crippen molar-refractivity contribution in [1.82, 2.24) is 0 Å². The van der Waals surface area contributed by atoms with Gasteiger partial charge in [-0.2, -0.15) is 0 Å². The molecule has 2 amide bonds. The lowest BCUT2D eigenvalue weighted by Crippen LogP contribution is -2.27. The zero-order valence-corrected chi connectivity index (χ0v) is 18.0. The summed E-state index contributed by atoms with van der Waals surface area (Å²) in [4.78, 5) is 26.1. The number of fused-ring (bicyclic) bond motifs is 1. The number of amides is 2. The van der Waals surface area contributed by atoms with E-state index in [0.29, 0.717) is 27.9 Å². The van der Waals surface area contributed by atoms with Gasteiger partial charge in [0.1, 0.15) is 10.8 Å². The molecule has 1 aromatic carbocycles. The highest BCUT2D eigenvalue weighted by Crippen LogP contribution is 2.44. The van der Waals surface area contributed by atoms with Crippen LogP contribution in [0.15, 0.2) is 24.3 Å². The van der Waals surface area contributed by atoms with Gasteiger partial charge in [-0.3, -0.25) is 9.59 Å². The first-order chi connectivity index (χ1) is 13.2. The van der Waals surface area contributed by atoms with Gasteiger partial charge >= 0.3 is 0 Å². The van der Waals surface area contributed by atoms with E-state index < -0.39 is 0 Å². The van der Waals surface area contributed by atoms with Crippen LogP contribution in [0.3, 0.4) is 0 Å². The summed E-state index contributed by atoms with van der Waals surface area (Å²) in [5.74, 6) is 0.792. The van der Waals surface area contributed by atoms with Crippen molar-refractivity contribution in [3.05, 3.63) is 40.3 Å². The number of carbonyl (C=O) groups is 2. The number of methoxy groups -OCH3 is 1. The Balaban J connectivity index is 1.96. The molecule has 28 heavy (non-hydrogen) atoms. The Bertz CT molecular complexity index is 896. The maximum Gasteiger partial charge on any atom is 0.259 e. The van der Waals surface area contributed by atoms with Crippen molar-refractivity contribution in [2.45, 2.75) is 47.0 Å². The standard InChI is InChI=1S/C22H28N2O3S/c1-13(25)23-21-19(20(26)24-16-8-6-7-9-17(16)27-5)15-11-10-14(22(2,3)4)12-18(15)28-21/h6-9,14H,10-12H2,1-5H3,(H,23,25)(H,24,26). The fraction of sp³-hybridized carbons (Fsp3) is 0.455. The van der Waals surface area contributed by atoms with Crippen LogP contribution in [0.5, 0.6) is 5.75 Å². The largest absolute Gasteiger partial charge is 0.495 e. The number of nitrogens with one attached hydrogen (secondary N) is 2. The first-order valence-electron chi connectivity index (χ1n) is 9.57. The minimum Gasteiger partial charge on any atom is -0.495 e. The van der Waals surface area contributed by atoms with Gasteiger partial charge in [-0.05, 0) is 48.3 Å². The lowest BCUT2D eigenvalue weighted by atomic mass is 9.72. The van der Waals surface area contributed by atoms with E-state index in [1.54, 1.807) is 13.2 Å². The van der Waals surface area contributed by atoms with E-state index in [1.165, 1.54) is 23.1 Å². The van der Waals surface area contributed by atoms with Gasteiger partial charge < -0.3 is 15.4 Å². The monoisotopic (exact) mass is 400 g/mol. The van der Waals surface area contributed by atoms with E-state index >= 15 is 0 Å². The molecule has 1 atom stereocenters. The molecule has 0 fully saturated rings. The quantitative estimate of drug-likeness (QED) is 0.749. The molecule has 0 saturated heterocycles. The van der Waals surface area contributed by atoms with E-state index in [2.05, 4.69) is 31.4 Å². The van der Waals surface area contributed by atoms with E-state index in [0.717, 1.165) is 24.8 Å². The van der Waals surface area contributed by atoms with Crippen LogP contribution in [-0.2, 0) is 17.6 Å². The normalized spacial score (nSPS) is 16.2. The number of thiophene rings is 1. The Morgan fingerprint density at radius 1 is 1.18 bits per heavy atom. The van der Waals surface area contributed by atoms with Crippen LogP contribution in [0.1, 0.15) is 54.9 Å². The Labute approximate surface area is 170 Å². The van der Waals surface area contributed by atoms with Crippen molar-refractivity contribution in [3.8, 4) is 5.75 Å². The third-order valence-corrected chi connectivity index (χ3v) is 6.53. The van der Waals surface area contributed by atoms with Gasteiger partial charge in [-0.25, -0.2) is 0 Å². The molecule has 1 aliphatic carbocycles. The van der Waals surface area contributed by atoms with E-state index in [4.69, 9.17) is 4.74 Å². The highest BCUT2D eigenvalue weighted by molar-refractivity contribution is 7.17. The molecule has 1 heterocycles. The average Bonchev–Trinajstić information content (AvgIpc) is 2.97. The van der Waals surface area contributed by atoms with Crippen molar-refractivity contribution in [2.24, 2.45) is 11.3 Å². The van der Waals surface area contributed by atoms with Crippen LogP contribution < -0.4 is 15.4 Å². The summed E-state index contributed by atoms with van der Waals surface area (Å²) in [6, 6.07) is 7.32. The molecule has 1 aromatic heterocycles. The molecule has 0 radical (unpaired) electrons. The van der Waals surface area contributed by atoms with Crippen molar-refractivity contribution in [1.29, 1.82) is 0 Å². The minimum absolute atomic E-state index is 0.169. The highest BCUT2D eigenvalue weighted by atomic mass is 32.1. The van der Waals surface area contributed by atoms with Crippen molar-refractivity contribution < 1.29 is 14.3 Å². The number of benzene rings is 1. The molecule has 2 aromatic rings. The van der Waals surface area contributed by atoms with Gasteiger partial charge in [0.05, 0.1) is 18.4 Å². The summed E-state index contributed by atoms with van der Waals surface area (Å²) < 4.78 is 5.34. The molecule has 0 bridgehead atoms. The van der Waals surface area contributed by atoms with Crippen LogP contribution in [0.4, 0.5) is 10.7 Å². The Kier molecular flexibility index (Phi) is 5.79. The number of hydrogen-bond donors (Lipinski definition) is 2. The van der Waals surface area contributed by atoms with Crippen LogP contribution in [-0.4, -0.2) is 18.9 Å². The lowest BCUT2D eigenvalue weighted by molar-refractivity contribution is -0.114. The summed E-state index contributed by atoms with van der Waals surface area (Å²) in [7, 11) is 1.58. The van der Waals surface area contributed by atoms with Gasteiger partial charge in [0.2, 0.25) is 5.91 Å². The molecule has 3 rings (SSSR count). The number of hydrogen-bond acceptors (Lipinski definition) is 4. The van der Waals surface area contributed by atoms with Crippen molar-refractivity contribution in [3.63, 3.8) is 0 Å². The third-order valence-electron chi connectivity index (χ3n) is 5.36. The second-order valence-electron chi connectivity index (χ2n) is 8.35. The van der Waals surface area contributed by atoms with Gasteiger partial charge in [0.15, 0.2) is 0 Å². The summed E-state index contributed by atoms with van der Waals surface area (Å²) in [5.41, 5.74) is 2.50. The fourth-order valence-electron chi connectivity index (χ4n) is 3.75. The average molecular weight is 401 g/mol. The van der Waals surface area contributed by atoms with Crippen LogP contribution in [0, 0.1) is 11.3 Å². The number of carbonyl (C=O) groups excluding carboxylic acids is 2. The van der Waals surface area contributed by atoms with Crippen molar-refractivity contribution in [2.75, 3.05) is 17.7 Å². The number of para-hydroxylation sites is 2. The lowest BCUT2D eigenvalue weighted by Gasteiger charge is -2.33. The SMILES string of the molecule is COc1ccccc1NC(=O)c1c(NC(C)=O)sc2c1CCC(C(C)(C)C)C2. The predicted octanol–water partition coefficient (Wildman–Crippen LogP) is 5.12. The van der Waals surface area contributed by atoms with E-state index in [9.17, 15) is 9.59 Å². The molecule has 5 nitrogen and oxygen atoms in total. The van der Waals surface area contributed by atoms with E-state index in [1.807, 2.05) is 18.2 Å². The first-order valence-corrected chi connectivity index (χ1v) is 10.4. The van der Waals surface area contributed by atoms with Gasteiger partial charge in [-0.1, -0.05) is 32.9 Å². The molecule has 0 aliphatic heterocycles. The predicted molar refractivity (Wildman–Crippen MR) is 115 cm³/mol. The molecule has 150 valence electrons. The molecule has 6 heteroatoms. The maximum absolute atomic E-state index is 13.2. The van der Waals surface area contributed by atoms with Crippen LogP contribution in [0.2, 0.25) is 0 Å². The number of ether oxygens (including phenoxy) is 1. The second-order valence-corrected chi connectivity index (χ2v) is 9.45. The molecule has 2 N–H and O–H groups in total. The van der Waals surface area contributed by atoms with Gasteiger partial charge in [-0.15, -0.1) is 11.3 Å². The maximum atomic E-state index is 13.2. The second kappa shape index (κ2) is 7.95. The number of anilines is 2. The van der Waals surface area contributed by atoms with Gasteiger partial charge in [0.25, 0.3) is 5.91 Å².